The summed E-state index contributed by atoms with van der Waals surface area (Å²) in [6.45, 7) is 7.00. The van der Waals surface area contributed by atoms with Crippen molar-refractivity contribution in [2.45, 2.75) is 20.4 Å². The molecule has 26 heavy (non-hydrogen) atoms. The van der Waals surface area contributed by atoms with Gasteiger partial charge in [-0.15, -0.1) is 24.0 Å². The molecule has 0 atom stereocenters. The van der Waals surface area contributed by atoms with Crippen molar-refractivity contribution < 1.29 is 18.3 Å². The molecule has 0 aromatic heterocycles. The first kappa shape index (κ1) is 22.4. The molecule has 1 heterocycles. The third kappa shape index (κ3) is 6.26. The highest BCUT2D eigenvalue weighted by atomic mass is 127. The van der Waals surface area contributed by atoms with E-state index in [1.807, 2.05) is 11.8 Å². The number of guanidine groups is 1. The maximum absolute atomic E-state index is 13.7. The van der Waals surface area contributed by atoms with Crippen molar-refractivity contribution in [2.24, 2.45) is 4.99 Å². The second kappa shape index (κ2) is 11.1. The minimum atomic E-state index is -0.486. The van der Waals surface area contributed by atoms with Crippen molar-refractivity contribution in [3.63, 3.8) is 0 Å². The van der Waals surface area contributed by atoms with Gasteiger partial charge >= 0.3 is 6.09 Å². The Hall–Kier alpha value is -1.65. The fraction of sp³-hybridized carbons (Fsp3) is 0.529. The molecule has 0 unspecified atom stereocenters. The van der Waals surface area contributed by atoms with E-state index in [0.717, 1.165) is 18.2 Å². The number of halogens is 3. The van der Waals surface area contributed by atoms with E-state index in [-0.39, 0.29) is 42.2 Å². The smallest absolute Gasteiger partial charge is 0.409 e. The van der Waals surface area contributed by atoms with Gasteiger partial charge in [0.2, 0.25) is 0 Å². The number of nitrogens with one attached hydrogen (secondary N) is 1. The monoisotopic (exact) mass is 482 g/mol. The number of carbonyl (C=O) groups is 1. The number of hydrogen-bond acceptors (Lipinski definition) is 3. The van der Waals surface area contributed by atoms with Gasteiger partial charge in [0, 0.05) is 38.3 Å². The van der Waals surface area contributed by atoms with Gasteiger partial charge < -0.3 is 19.9 Å². The number of aliphatic imine (C=N–C) groups is 1. The Labute approximate surface area is 169 Å². The van der Waals surface area contributed by atoms with E-state index >= 15 is 0 Å². The summed E-state index contributed by atoms with van der Waals surface area (Å²) < 4.78 is 32.0. The van der Waals surface area contributed by atoms with E-state index in [1.165, 1.54) is 0 Å². The maximum atomic E-state index is 13.7. The molecule has 0 saturated carbocycles. The number of amides is 1. The molecule has 1 aliphatic heterocycles. The fourth-order valence-corrected chi connectivity index (χ4v) is 2.57. The lowest BCUT2D eigenvalue weighted by molar-refractivity contribution is 0.0914. The molecule has 2 rings (SSSR count). The summed E-state index contributed by atoms with van der Waals surface area (Å²) in [4.78, 5) is 19.8. The summed E-state index contributed by atoms with van der Waals surface area (Å²) in [7, 11) is 0. The predicted molar refractivity (Wildman–Crippen MR) is 107 cm³/mol. The molecule has 1 aliphatic rings. The lowest BCUT2D eigenvalue weighted by Crippen LogP contribution is -2.53. The highest BCUT2D eigenvalue weighted by Gasteiger charge is 2.23. The SMILES string of the molecule is CCNC(=NCc1cc(F)ccc1F)N1CCN(C(=O)OCC)CC1.I. The zero-order chi connectivity index (χ0) is 18.2. The first-order chi connectivity index (χ1) is 12.0. The van der Waals surface area contributed by atoms with Crippen LogP contribution in [0.25, 0.3) is 0 Å². The first-order valence-electron chi connectivity index (χ1n) is 8.44. The Kier molecular flexibility index (Phi) is 9.60. The Balaban J connectivity index is 0.00000338. The van der Waals surface area contributed by atoms with Crippen LogP contribution in [0, 0.1) is 11.6 Å². The van der Waals surface area contributed by atoms with E-state index < -0.39 is 11.6 Å². The van der Waals surface area contributed by atoms with Crippen LogP contribution >= 0.6 is 24.0 Å². The number of carbonyl (C=O) groups excluding carboxylic acids is 1. The topological polar surface area (TPSA) is 57.2 Å². The van der Waals surface area contributed by atoms with Gasteiger partial charge in [0.1, 0.15) is 11.6 Å². The van der Waals surface area contributed by atoms with Gasteiger partial charge in [-0.25, -0.2) is 18.6 Å². The highest BCUT2D eigenvalue weighted by Crippen LogP contribution is 2.11. The van der Waals surface area contributed by atoms with Crippen LogP contribution in [-0.2, 0) is 11.3 Å². The molecular formula is C17H25F2IN4O2. The fourth-order valence-electron chi connectivity index (χ4n) is 2.57. The molecule has 0 bridgehead atoms. The normalized spacial score (nSPS) is 14.7. The molecule has 0 spiro atoms. The average Bonchev–Trinajstić information content (AvgIpc) is 2.61. The lowest BCUT2D eigenvalue weighted by atomic mass is 10.2. The van der Waals surface area contributed by atoms with E-state index in [4.69, 9.17) is 4.74 Å². The van der Waals surface area contributed by atoms with Crippen LogP contribution in [0.5, 0.6) is 0 Å². The van der Waals surface area contributed by atoms with Gasteiger partial charge in [0.05, 0.1) is 13.2 Å². The second-order valence-corrected chi connectivity index (χ2v) is 5.58. The summed E-state index contributed by atoms with van der Waals surface area (Å²) >= 11 is 0. The molecule has 6 nitrogen and oxygen atoms in total. The lowest BCUT2D eigenvalue weighted by Gasteiger charge is -2.35. The summed E-state index contributed by atoms with van der Waals surface area (Å²) in [5.74, 6) is -0.345. The van der Waals surface area contributed by atoms with Crippen molar-refractivity contribution in [3.05, 3.63) is 35.4 Å². The molecule has 1 fully saturated rings. The number of piperazine rings is 1. The van der Waals surface area contributed by atoms with Crippen LogP contribution in [0.15, 0.2) is 23.2 Å². The Morgan fingerprint density at radius 3 is 2.46 bits per heavy atom. The van der Waals surface area contributed by atoms with Crippen molar-refractivity contribution in [3.8, 4) is 0 Å². The number of ether oxygens (including phenoxy) is 1. The summed E-state index contributed by atoms with van der Waals surface area (Å²) in [5.41, 5.74) is 0.209. The van der Waals surface area contributed by atoms with Crippen LogP contribution in [-0.4, -0.2) is 61.2 Å². The molecule has 1 aromatic carbocycles. The minimum absolute atomic E-state index is 0. The Morgan fingerprint density at radius 2 is 1.85 bits per heavy atom. The highest BCUT2D eigenvalue weighted by molar-refractivity contribution is 14.0. The van der Waals surface area contributed by atoms with Gasteiger partial charge in [-0.05, 0) is 32.0 Å². The third-order valence-electron chi connectivity index (χ3n) is 3.85. The van der Waals surface area contributed by atoms with E-state index in [9.17, 15) is 13.6 Å². The molecule has 1 N–H and O–H groups in total. The van der Waals surface area contributed by atoms with E-state index in [0.29, 0.717) is 45.3 Å². The summed E-state index contributed by atoms with van der Waals surface area (Å²) in [6.07, 6.45) is -0.314. The molecule has 0 radical (unpaired) electrons. The van der Waals surface area contributed by atoms with Gasteiger partial charge in [0.25, 0.3) is 0 Å². The van der Waals surface area contributed by atoms with Crippen LogP contribution in [0.4, 0.5) is 13.6 Å². The third-order valence-corrected chi connectivity index (χ3v) is 3.85. The molecule has 1 aromatic rings. The summed E-state index contributed by atoms with van der Waals surface area (Å²) in [6, 6.07) is 3.34. The molecular weight excluding hydrogens is 457 g/mol. The van der Waals surface area contributed by atoms with E-state index in [2.05, 4.69) is 10.3 Å². The van der Waals surface area contributed by atoms with Crippen molar-refractivity contribution in [1.29, 1.82) is 0 Å². The zero-order valence-corrected chi connectivity index (χ0v) is 17.3. The number of rotatable bonds is 4. The molecule has 0 aliphatic carbocycles. The van der Waals surface area contributed by atoms with Crippen molar-refractivity contribution >= 4 is 36.0 Å². The quantitative estimate of drug-likeness (QED) is 0.408. The maximum Gasteiger partial charge on any atom is 0.409 e. The summed E-state index contributed by atoms with van der Waals surface area (Å²) in [5, 5.41) is 3.15. The average molecular weight is 482 g/mol. The predicted octanol–water partition coefficient (Wildman–Crippen LogP) is 2.82. The zero-order valence-electron chi connectivity index (χ0n) is 15.0. The second-order valence-electron chi connectivity index (χ2n) is 5.58. The van der Waals surface area contributed by atoms with E-state index in [1.54, 1.807) is 11.8 Å². The van der Waals surface area contributed by atoms with Gasteiger partial charge in [-0.2, -0.15) is 0 Å². The van der Waals surface area contributed by atoms with Gasteiger partial charge in [0.15, 0.2) is 5.96 Å². The minimum Gasteiger partial charge on any atom is -0.450 e. The molecule has 1 amide bonds. The number of nitrogens with zero attached hydrogens (tertiary/aromatic N) is 3. The Bertz CT molecular complexity index is 623. The van der Waals surface area contributed by atoms with Crippen LogP contribution in [0.1, 0.15) is 19.4 Å². The van der Waals surface area contributed by atoms with Gasteiger partial charge in [-0.1, -0.05) is 0 Å². The standard InChI is InChI=1S/C17H24F2N4O2.HI/c1-3-20-16(21-12-13-11-14(18)5-6-15(13)19)22-7-9-23(10-8-22)17(24)25-4-2;/h5-6,11H,3-4,7-10,12H2,1-2H3,(H,20,21);1H. The number of benzene rings is 1. The Morgan fingerprint density at radius 1 is 1.19 bits per heavy atom. The largest absolute Gasteiger partial charge is 0.450 e. The molecule has 146 valence electrons. The van der Waals surface area contributed by atoms with Gasteiger partial charge in [-0.3, -0.25) is 0 Å². The van der Waals surface area contributed by atoms with Crippen LogP contribution in [0.3, 0.4) is 0 Å². The van der Waals surface area contributed by atoms with Crippen LogP contribution < -0.4 is 5.32 Å². The van der Waals surface area contributed by atoms with Crippen molar-refractivity contribution in [2.75, 3.05) is 39.3 Å². The molecule has 9 heteroatoms. The van der Waals surface area contributed by atoms with Crippen molar-refractivity contribution in [1.82, 2.24) is 15.1 Å². The van der Waals surface area contributed by atoms with Crippen LogP contribution in [0.2, 0.25) is 0 Å². The number of hydrogen-bond donors (Lipinski definition) is 1. The molecule has 1 saturated heterocycles. The first-order valence-corrected chi connectivity index (χ1v) is 8.44.